The van der Waals surface area contributed by atoms with E-state index in [1.54, 1.807) is 0 Å². The summed E-state index contributed by atoms with van der Waals surface area (Å²) in [6.45, 7) is 14.7. The second-order valence-electron chi connectivity index (χ2n) is 6.73. The summed E-state index contributed by atoms with van der Waals surface area (Å²) in [5.41, 5.74) is 0. The highest BCUT2D eigenvalue weighted by Gasteiger charge is 2.28. The van der Waals surface area contributed by atoms with Gasteiger partial charge in [-0.15, -0.1) is 0 Å². The Morgan fingerprint density at radius 3 is 2.53 bits per heavy atom. The molecule has 0 aromatic heterocycles. The summed E-state index contributed by atoms with van der Waals surface area (Å²) in [5.74, 6) is 0.751. The van der Waals surface area contributed by atoms with Crippen LogP contribution in [0, 0.1) is 5.92 Å². The van der Waals surface area contributed by atoms with Crippen molar-refractivity contribution in [1.82, 2.24) is 15.1 Å². The van der Waals surface area contributed by atoms with Crippen LogP contribution >= 0.6 is 0 Å². The first-order valence-electron chi connectivity index (χ1n) is 8.40. The van der Waals surface area contributed by atoms with Crippen LogP contribution in [0.1, 0.15) is 46.5 Å². The lowest BCUT2D eigenvalue weighted by atomic mass is 9.99. The Morgan fingerprint density at radius 2 is 1.89 bits per heavy atom. The zero-order chi connectivity index (χ0) is 13.7. The highest BCUT2D eigenvalue weighted by atomic mass is 15.2. The monoisotopic (exact) mass is 267 g/mol. The summed E-state index contributed by atoms with van der Waals surface area (Å²) in [5, 5.41) is 3.73. The molecule has 2 aliphatic heterocycles. The fourth-order valence-electron chi connectivity index (χ4n) is 3.58. The second kappa shape index (κ2) is 7.61. The molecular formula is C16H33N3. The number of piperidine rings is 1. The summed E-state index contributed by atoms with van der Waals surface area (Å²) < 4.78 is 0. The van der Waals surface area contributed by atoms with Crippen molar-refractivity contribution < 1.29 is 0 Å². The Balaban J connectivity index is 1.83. The maximum atomic E-state index is 3.73. The minimum Gasteiger partial charge on any atom is -0.312 e. The second-order valence-corrected chi connectivity index (χ2v) is 6.73. The maximum Gasteiger partial charge on any atom is 0.0218 e. The summed E-state index contributed by atoms with van der Waals surface area (Å²) in [6.07, 6.45) is 5.38. The van der Waals surface area contributed by atoms with Crippen LogP contribution in [0.2, 0.25) is 0 Å². The number of rotatable bonds is 4. The van der Waals surface area contributed by atoms with Crippen LogP contribution in [0.4, 0.5) is 0 Å². The summed E-state index contributed by atoms with van der Waals surface area (Å²) >= 11 is 0. The molecule has 1 unspecified atom stereocenters. The Hall–Kier alpha value is -0.120. The largest absolute Gasteiger partial charge is 0.312 e. The third-order valence-corrected chi connectivity index (χ3v) is 4.88. The molecule has 0 aromatic rings. The minimum atomic E-state index is 0.691. The molecule has 0 spiro atoms. The summed E-state index contributed by atoms with van der Waals surface area (Å²) in [4.78, 5) is 5.43. The van der Waals surface area contributed by atoms with E-state index in [1.165, 1.54) is 65.0 Å². The molecule has 0 amide bonds. The topological polar surface area (TPSA) is 18.5 Å². The number of hydrogen-bond acceptors (Lipinski definition) is 3. The number of nitrogens with one attached hydrogen (secondary N) is 1. The molecule has 2 fully saturated rings. The Labute approximate surface area is 119 Å². The van der Waals surface area contributed by atoms with Crippen LogP contribution in [0.5, 0.6) is 0 Å². The van der Waals surface area contributed by atoms with E-state index < -0.39 is 0 Å². The van der Waals surface area contributed by atoms with E-state index in [2.05, 4.69) is 35.9 Å². The molecule has 1 N–H and O–H groups in total. The molecule has 0 aliphatic carbocycles. The first-order valence-corrected chi connectivity index (χ1v) is 8.40. The van der Waals surface area contributed by atoms with Crippen molar-refractivity contribution in [3.8, 4) is 0 Å². The highest BCUT2D eigenvalue weighted by molar-refractivity contribution is 4.86. The molecule has 2 heterocycles. The number of hydrogen-bond donors (Lipinski definition) is 1. The van der Waals surface area contributed by atoms with Crippen molar-refractivity contribution in [2.75, 3.05) is 39.3 Å². The highest BCUT2D eigenvalue weighted by Crippen LogP contribution is 2.20. The van der Waals surface area contributed by atoms with Gasteiger partial charge in [0.1, 0.15) is 0 Å². The number of nitrogens with zero attached hydrogens (tertiary/aromatic N) is 2. The van der Waals surface area contributed by atoms with Crippen molar-refractivity contribution in [2.45, 2.75) is 58.5 Å². The molecule has 2 rings (SSSR count). The van der Waals surface area contributed by atoms with Crippen molar-refractivity contribution in [3.05, 3.63) is 0 Å². The molecule has 112 valence electrons. The maximum absolute atomic E-state index is 3.73. The molecule has 3 heteroatoms. The molecule has 2 aliphatic rings. The first kappa shape index (κ1) is 15.3. The van der Waals surface area contributed by atoms with Crippen molar-refractivity contribution in [3.63, 3.8) is 0 Å². The van der Waals surface area contributed by atoms with E-state index in [9.17, 15) is 0 Å². The SMILES string of the molecule is CCCN1CCC(N2CCCNC(C(C)C)C2)CC1. The fraction of sp³-hybridized carbons (Fsp3) is 1.00. The third-order valence-electron chi connectivity index (χ3n) is 4.88. The van der Waals surface area contributed by atoms with Gasteiger partial charge in [0.15, 0.2) is 0 Å². The van der Waals surface area contributed by atoms with Crippen LogP contribution < -0.4 is 5.32 Å². The lowest BCUT2D eigenvalue weighted by Gasteiger charge is -2.39. The van der Waals surface area contributed by atoms with Gasteiger partial charge in [-0.25, -0.2) is 0 Å². The van der Waals surface area contributed by atoms with Gasteiger partial charge in [-0.1, -0.05) is 20.8 Å². The fourth-order valence-corrected chi connectivity index (χ4v) is 3.58. The van der Waals surface area contributed by atoms with Crippen LogP contribution in [-0.2, 0) is 0 Å². The molecule has 0 aromatic carbocycles. The van der Waals surface area contributed by atoms with Crippen molar-refractivity contribution in [2.24, 2.45) is 5.92 Å². The first-order chi connectivity index (χ1) is 9.20. The van der Waals surface area contributed by atoms with E-state index in [0.29, 0.717) is 6.04 Å². The van der Waals surface area contributed by atoms with E-state index in [-0.39, 0.29) is 0 Å². The molecule has 0 bridgehead atoms. The average Bonchev–Trinajstić information content (AvgIpc) is 2.66. The van der Waals surface area contributed by atoms with E-state index in [0.717, 1.165) is 12.0 Å². The Bertz CT molecular complexity index is 246. The van der Waals surface area contributed by atoms with Crippen molar-refractivity contribution in [1.29, 1.82) is 0 Å². The van der Waals surface area contributed by atoms with Crippen LogP contribution in [0.25, 0.3) is 0 Å². The normalized spacial score (nSPS) is 28.7. The Kier molecular flexibility index (Phi) is 6.11. The molecule has 19 heavy (non-hydrogen) atoms. The molecule has 2 saturated heterocycles. The lowest BCUT2D eigenvalue weighted by molar-refractivity contribution is 0.102. The van der Waals surface area contributed by atoms with Gasteiger partial charge in [-0.05, 0) is 64.3 Å². The number of likely N-dealkylation sites (tertiary alicyclic amines) is 1. The smallest absolute Gasteiger partial charge is 0.0218 e. The minimum absolute atomic E-state index is 0.691. The van der Waals surface area contributed by atoms with Gasteiger partial charge < -0.3 is 10.2 Å². The third kappa shape index (κ3) is 4.44. The zero-order valence-electron chi connectivity index (χ0n) is 13.2. The lowest BCUT2D eigenvalue weighted by Crippen LogP contribution is -2.49. The van der Waals surface area contributed by atoms with Gasteiger partial charge in [-0.2, -0.15) is 0 Å². The van der Waals surface area contributed by atoms with Gasteiger partial charge in [0.2, 0.25) is 0 Å². The summed E-state index contributed by atoms with van der Waals surface area (Å²) in [6, 6.07) is 1.53. The zero-order valence-corrected chi connectivity index (χ0v) is 13.2. The van der Waals surface area contributed by atoms with Gasteiger partial charge in [0.25, 0.3) is 0 Å². The van der Waals surface area contributed by atoms with Crippen LogP contribution in [-0.4, -0.2) is 61.2 Å². The van der Waals surface area contributed by atoms with E-state index in [4.69, 9.17) is 0 Å². The predicted octanol–water partition coefficient (Wildman–Crippen LogP) is 2.18. The Morgan fingerprint density at radius 1 is 1.16 bits per heavy atom. The summed E-state index contributed by atoms with van der Waals surface area (Å²) in [7, 11) is 0. The van der Waals surface area contributed by atoms with Gasteiger partial charge >= 0.3 is 0 Å². The molecule has 1 atom stereocenters. The quantitative estimate of drug-likeness (QED) is 0.842. The molecule has 0 radical (unpaired) electrons. The van der Waals surface area contributed by atoms with Crippen LogP contribution in [0.15, 0.2) is 0 Å². The van der Waals surface area contributed by atoms with E-state index in [1.807, 2.05) is 0 Å². The van der Waals surface area contributed by atoms with Crippen LogP contribution in [0.3, 0.4) is 0 Å². The predicted molar refractivity (Wildman–Crippen MR) is 82.6 cm³/mol. The van der Waals surface area contributed by atoms with E-state index >= 15 is 0 Å². The van der Waals surface area contributed by atoms with Gasteiger partial charge in [0.05, 0.1) is 0 Å². The standard InChI is InChI=1S/C16H33N3/c1-4-9-18-11-6-15(7-12-18)19-10-5-8-17-16(13-19)14(2)3/h14-17H,4-13H2,1-3H3. The van der Waals surface area contributed by atoms with Gasteiger partial charge in [-0.3, -0.25) is 4.90 Å². The average molecular weight is 267 g/mol. The van der Waals surface area contributed by atoms with Crippen molar-refractivity contribution >= 4 is 0 Å². The molecule has 0 saturated carbocycles. The van der Waals surface area contributed by atoms with Gasteiger partial charge in [0, 0.05) is 18.6 Å². The molecule has 3 nitrogen and oxygen atoms in total. The molecular weight excluding hydrogens is 234 g/mol.